The first-order valence-corrected chi connectivity index (χ1v) is 9.55. The van der Waals surface area contributed by atoms with Crippen LogP contribution in [-0.2, 0) is 14.4 Å². The van der Waals surface area contributed by atoms with Crippen molar-refractivity contribution in [2.45, 2.75) is 58.8 Å². The number of piperazine rings is 1. The van der Waals surface area contributed by atoms with Gasteiger partial charge in [-0.2, -0.15) is 0 Å². The summed E-state index contributed by atoms with van der Waals surface area (Å²) in [5.41, 5.74) is 0. The lowest BCUT2D eigenvalue weighted by Crippen LogP contribution is -2.64. The number of aliphatic carboxylic acids is 1. The summed E-state index contributed by atoms with van der Waals surface area (Å²) in [7, 11) is 1.64. The van der Waals surface area contributed by atoms with Crippen molar-refractivity contribution in [3.8, 4) is 0 Å². The summed E-state index contributed by atoms with van der Waals surface area (Å²) in [6, 6.07) is -2.93. The van der Waals surface area contributed by atoms with Gasteiger partial charge in [-0.15, -0.1) is 0 Å². The van der Waals surface area contributed by atoms with Gasteiger partial charge in [0.25, 0.3) is 0 Å². The maximum Gasteiger partial charge on any atom is 0.328 e. The summed E-state index contributed by atoms with van der Waals surface area (Å²) in [5, 5.41) is 17.9. The van der Waals surface area contributed by atoms with Gasteiger partial charge in [0.05, 0.1) is 12.6 Å². The summed E-state index contributed by atoms with van der Waals surface area (Å²) >= 11 is 0. The van der Waals surface area contributed by atoms with Crippen LogP contribution in [0, 0.1) is 5.92 Å². The number of urea groups is 1. The molecule has 1 heterocycles. The van der Waals surface area contributed by atoms with Crippen LogP contribution in [0.5, 0.6) is 0 Å². The number of nitrogens with zero attached hydrogens (tertiary/aromatic N) is 2. The quantitative estimate of drug-likeness (QED) is 0.454. The zero-order chi connectivity index (χ0) is 21.6. The van der Waals surface area contributed by atoms with Crippen molar-refractivity contribution < 1.29 is 24.3 Å². The van der Waals surface area contributed by atoms with E-state index >= 15 is 0 Å². The topological polar surface area (TPSA) is 131 Å². The highest BCUT2D eigenvalue weighted by Crippen LogP contribution is 2.16. The second-order valence-corrected chi connectivity index (χ2v) is 7.68. The first-order valence-electron chi connectivity index (χ1n) is 9.55. The molecule has 0 saturated carbocycles. The molecule has 3 atom stereocenters. The molecule has 1 saturated heterocycles. The van der Waals surface area contributed by atoms with Crippen LogP contribution in [0.1, 0.15) is 34.6 Å². The van der Waals surface area contributed by atoms with E-state index in [1.165, 1.54) is 9.80 Å². The van der Waals surface area contributed by atoms with Crippen molar-refractivity contribution in [1.82, 2.24) is 25.8 Å². The number of rotatable bonds is 7. The fraction of sp³-hybridized carbons (Fsp3) is 0.778. The SMILES string of the molecule is CN[C@@H](C)C(=O)N[C@H](C(=O)N1CCN(C(=O)NC(C)C)C[C@H]1C(=O)O)C(C)C. The van der Waals surface area contributed by atoms with Gasteiger partial charge in [-0.25, -0.2) is 9.59 Å². The highest BCUT2D eigenvalue weighted by molar-refractivity contribution is 5.92. The van der Waals surface area contributed by atoms with Crippen LogP contribution in [0.15, 0.2) is 0 Å². The maximum absolute atomic E-state index is 13.1. The van der Waals surface area contributed by atoms with Gasteiger partial charge in [0.1, 0.15) is 12.1 Å². The summed E-state index contributed by atoms with van der Waals surface area (Å²) in [4.78, 5) is 51.9. The molecule has 0 bridgehead atoms. The Morgan fingerprint density at radius 3 is 2.07 bits per heavy atom. The zero-order valence-electron chi connectivity index (χ0n) is 17.5. The predicted molar refractivity (Wildman–Crippen MR) is 104 cm³/mol. The first kappa shape index (κ1) is 23.7. The molecule has 1 aliphatic rings. The largest absolute Gasteiger partial charge is 0.480 e. The predicted octanol–water partition coefficient (Wildman–Crippen LogP) is -0.549. The number of likely N-dealkylation sites (N-methyl/N-ethyl adjacent to an activating group) is 1. The second-order valence-electron chi connectivity index (χ2n) is 7.68. The molecular formula is C18H33N5O5. The Morgan fingerprint density at radius 2 is 1.61 bits per heavy atom. The van der Waals surface area contributed by atoms with E-state index < -0.39 is 30.0 Å². The van der Waals surface area contributed by atoms with Gasteiger partial charge < -0.3 is 30.9 Å². The molecule has 1 rings (SSSR count). The Bertz CT molecular complexity index is 595. The molecule has 0 aromatic rings. The smallest absolute Gasteiger partial charge is 0.328 e. The second kappa shape index (κ2) is 10.3. The van der Waals surface area contributed by atoms with Crippen LogP contribution in [0.4, 0.5) is 4.79 Å². The zero-order valence-corrected chi connectivity index (χ0v) is 17.5. The van der Waals surface area contributed by atoms with Crippen LogP contribution in [-0.4, -0.2) is 89.6 Å². The molecule has 10 heteroatoms. The van der Waals surface area contributed by atoms with Gasteiger partial charge >= 0.3 is 12.0 Å². The van der Waals surface area contributed by atoms with Gasteiger partial charge in [0.15, 0.2) is 0 Å². The monoisotopic (exact) mass is 399 g/mol. The number of hydrogen-bond donors (Lipinski definition) is 4. The lowest BCUT2D eigenvalue weighted by Gasteiger charge is -2.41. The molecule has 0 spiro atoms. The van der Waals surface area contributed by atoms with Crippen LogP contribution in [0.25, 0.3) is 0 Å². The molecule has 0 aliphatic carbocycles. The van der Waals surface area contributed by atoms with Crippen molar-refractivity contribution >= 4 is 23.8 Å². The van der Waals surface area contributed by atoms with E-state index in [1.54, 1.807) is 27.8 Å². The number of carboxylic acids is 1. The van der Waals surface area contributed by atoms with Crippen LogP contribution < -0.4 is 16.0 Å². The molecule has 1 aliphatic heterocycles. The van der Waals surface area contributed by atoms with E-state index in [2.05, 4.69) is 16.0 Å². The Balaban J connectivity index is 2.96. The van der Waals surface area contributed by atoms with Crippen molar-refractivity contribution in [1.29, 1.82) is 0 Å². The molecule has 0 aromatic carbocycles. The van der Waals surface area contributed by atoms with E-state index in [-0.39, 0.29) is 43.5 Å². The van der Waals surface area contributed by atoms with Crippen LogP contribution >= 0.6 is 0 Å². The average Bonchev–Trinajstić information content (AvgIpc) is 2.63. The van der Waals surface area contributed by atoms with Gasteiger partial charge in [-0.1, -0.05) is 13.8 Å². The maximum atomic E-state index is 13.1. The Kier molecular flexibility index (Phi) is 8.67. The average molecular weight is 399 g/mol. The number of nitrogens with one attached hydrogen (secondary N) is 3. The first-order chi connectivity index (χ1) is 13.0. The van der Waals surface area contributed by atoms with Crippen LogP contribution in [0.3, 0.4) is 0 Å². The number of carboxylic acid groups (broad SMARTS) is 1. The third-order valence-electron chi connectivity index (χ3n) is 4.70. The van der Waals surface area contributed by atoms with E-state index in [0.29, 0.717) is 0 Å². The number of amides is 4. The normalized spacial score (nSPS) is 19.4. The standard InChI is InChI=1S/C18H33N5O5/c1-10(2)14(21-15(24)12(5)19-6)16(25)23-8-7-22(9-13(23)17(26)27)18(28)20-11(3)4/h10-14,19H,7-9H2,1-6H3,(H,20,28)(H,21,24)(H,26,27)/t12-,13-,14-/m0/s1. The van der Waals surface area contributed by atoms with E-state index in [0.717, 1.165) is 0 Å². The molecule has 0 unspecified atom stereocenters. The fourth-order valence-electron chi connectivity index (χ4n) is 2.88. The molecule has 0 aromatic heterocycles. The minimum absolute atomic E-state index is 0.0786. The summed E-state index contributed by atoms with van der Waals surface area (Å²) < 4.78 is 0. The van der Waals surface area contributed by atoms with Crippen molar-refractivity contribution in [3.05, 3.63) is 0 Å². The Hall–Kier alpha value is -2.36. The Labute approximate surface area is 166 Å². The van der Waals surface area contributed by atoms with Crippen molar-refractivity contribution in [2.75, 3.05) is 26.7 Å². The third kappa shape index (κ3) is 6.08. The minimum Gasteiger partial charge on any atom is -0.480 e. The van der Waals surface area contributed by atoms with E-state index in [1.807, 2.05) is 13.8 Å². The molecule has 10 nitrogen and oxygen atoms in total. The lowest BCUT2D eigenvalue weighted by molar-refractivity contribution is -0.154. The lowest BCUT2D eigenvalue weighted by atomic mass is 10.00. The van der Waals surface area contributed by atoms with Crippen LogP contribution in [0.2, 0.25) is 0 Å². The number of hydrogen-bond acceptors (Lipinski definition) is 5. The summed E-state index contributed by atoms with van der Waals surface area (Å²) in [5.74, 6) is -2.20. The summed E-state index contributed by atoms with van der Waals surface area (Å²) in [6.07, 6.45) is 0. The molecular weight excluding hydrogens is 366 g/mol. The highest BCUT2D eigenvalue weighted by atomic mass is 16.4. The third-order valence-corrected chi connectivity index (χ3v) is 4.70. The van der Waals surface area contributed by atoms with E-state index in [9.17, 15) is 24.3 Å². The number of carbonyl (C=O) groups excluding carboxylic acids is 3. The van der Waals surface area contributed by atoms with Crippen molar-refractivity contribution in [3.63, 3.8) is 0 Å². The fourth-order valence-corrected chi connectivity index (χ4v) is 2.88. The summed E-state index contributed by atoms with van der Waals surface area (Å²) in [6.45, 7) is 9.07. The molecule has 1 fully saturated rings. The molecule has 0 radical (unpaired) electrons. The van der Waals surface area contributed by atoms with E-state index in [4.69, 9.17) is 0 Å². The molecule has 28 heavy (non-hydrogen) atoms. The molecule has 160 valence electrons. The van der Waals surface area contributed by atoms with Gasteiger partial charge in [0.2, 0.25) is 11.8 Å². The Morgan fingerprint density at radius 1 is 1.00 bits per heavy atom. The minimum atomic E-state index is -1.19. The molecule has 4 amide bonds. The molecule has 4 N–H and O–H groups in total. The number of carbonyl (C=O) groups is 4. The van der Waals surface area contributed by atoms with Crippen molar-refractivity contribution in [2.24, 2.45) is 5.92 Å². The highest BCUT2D eigenvalue weighted by Gasteiger charge is 2.40. The van der Waals surface area contributed by atoms with Gasteiger partial charge in [-0.05, 0) is 33.7 Å². The van der Waals surface area contributed by atoms with Gasteiger partial charge in [-0.3, -0.25) is 9.59 Å². The van der Waals surface area contributed by atoms with Gasteiger partial charge in [0, 0.05) is 19.1 Å².